The molecule has 1 unspecified atom stereocenters. The second-order valence-corrected chi connectivity index (χ2v) is 5.68. The van der Waals surface area contributed by atoms with Crippen molar-refractivity contribution in [3.05, 3.63) is 52.3 Å². The summed E-state index contributed by atoms with van der Waals surface area (Å²) < 4.78 is 5.62. The standard InChI is InChI=1S/C17H19ClN2O2/c1-10-8-11(2)19-12(3)16(10)20-17(21)13(4)22-15-7-5-6-14(18)9-15/h5-9,13H,1-4H3,(H,20,21). The van der Waals surface area contributed by atoms with Crippen molar-refractivity contribution in [3.63, 3.8) is 0 Å². The molecule has 1 aromatic carbocycles. The Labute approximate surface area is 135 Å². The Kier molecular flexibility index (Phi) is 5.03. The number of hydrogen-bond acceptors (Lipinski definition) is 3. The third kappa shape index (κ3) is 3.98. The highest BCUT2D eigenvalue weighted by molar-refractivity contribution is 6.30. The van der Waals surface area contributed by atoms with Gasteiger partial charge in [0.2, 0.25) is 0 Å². The zero-order valence-electron chi connectivity index (χ0n) is 13.1. The summed E-state index contributed by atoms with van der Waals surface area (Å²) in [6, 6.07) is 8.91. The molecule has 2 aromatic rings. The van der Waals surface area contributed by atoms with Crippen LogP contribution in [0.2, 0.25) is 5.02 Å². The van der Waals surface area contributed by atoms with Gasteiger partial charge in [0.15, 0.2) is 6.10 Å². The maximum absolute atomic E-state index is 12.3. The fourth-order valence-electron chi connectivity index (χ4n) is 2.24. The second-order valence-electron chi connectivity index (χ2n) is 5.25. The Morgan fingerprint density at radius 1 is 1.27 bits per heavy atom. The molecule has 1 aromatic heterocycles. The minimum atomic E-state index is -0.640. The average Bonchev–Trinajstić information content (AvgIpc) is 2.42. The van der Waals surface area contributed by atoms with Crippen molar-refractivity contribution < 1.29 is 9.53 Å². The van der Waals surface area contributed by atoms with Crippen molar-refractivity contribution >= 4 is 23.2 Å². The predicted molar refractivity (Wildman–Crippen MR) is 88.6 cm³/mol. The number of carbonyl (C=O) groups is 1. The number of anilines is 1. The highest BCUT2D eigenvalue weighted by atomic mass is 35.5. The normalized spacial score (nSPS) is 11.9. The third-order valence-corrected chi connectivity index (χ3v) is 3.49. The summed E-state index contributed by atoms with van der Waals surface area (Å²) in [5, 5.41) is 3.45. The molecule has 116 valence electrons. The molecule has 2 rings (SSSR count). The van der Waals surface area contributed by atoms with Crippen LogP contribution in [0.4, 0.5) is 5.69 Å². The Bertz CT molecular complexity index is 678. The number of aryl methyl sites for hydroxylation is 3. The monoisotopic (exact) mass is 318 g/mol. The molecule has 4 nitrogen and oxygen atoms in total. The SMILES string of the molecule is Cc1cc(C)c(NC(=O)C(C)Oc2cccc(Cl)c2)c(C)n1. The van der Waals surface area contributed by atoms with Gasteiger partial charge in [0.25, 0.3) is 5.91 Å². The van der Waals surface area contributed by atoms with Crippen LogP contribution in [0.25, 0.3) is 0 Å². The van der Waals surface area contributed by atoms with Crippen molar-refractivity contribution in [1.29, 1.82) is 0 Å². The summed E-state index contributed by atoms with van der Waals surface area (Å²) in [4.78, 5) is 16.7. The first kappa shape index (κ1) is 16.3. The summed E-state index contributed by atoms with van der Waals surface area (Å²) in [7, 11) is 0. The van der Waals surface area contributed by atoms with E-state index in [0.717, 1.165) is 22.6 Å². The van der Waals surface area contributed by atoms with E-state index in [2.05, 4.69) is 10.3 Å². The van der Waals surface area contributed by atoms with Crippen LogP contribution in [0.15, 0.2) is 30.3 Å². The van der Waals surface area contributed by atoms with E-state index in [1.165, 1.54) is 0 Å². The number of nitrogens with one attached hydrogen (secondary N) is 1. The van der Waals surface area contributed by atoms with Crippen LogP contribution >= 0.6 is 11.6 Å². The molecule has 0 aliphatic rings. The van der Waals surface area contributed by atoms with E-state index in [-0.39, 0.29) is 5.91 Å². The molecule has 1 amide bonds. The maximum Gasteiger partial charge on any atom is 0.265 e. The Balaban J connectivity index is 2.09. The summed E-state index contributed by atoms with van der Waals surface area (Å²) in [6.07, 6.45) is -0.640. The Hall–Kier alpha value is -2.07. The minimum absolute atomic E-state index is 0.225. The van der Waals surface area contributed by atoms with Gasteiger partial charge in [-0.15, -0.1) is 0 Å². The Morgan fingerprint density at radius 2 is 2.00 bits per heavy atom. The number of pyridine rings is 1. The Morgan fingerprint density at radius 3 is 2.64 bits per heavy atom. The lowest BCUT2D eigenvalue weighted by Gasteiger charge is -2.17. The molecular weight excluding hydrogens is 300 g/mol. The van der Waals surface area contributed by atoms with E-state index in [0.29, 0.717) is 10.8 Å². The van der Waals surface area contributed by atoms with Crippen molar-refractivity contribution in [1.82, 2.24) is 4.98 Å². The third-order valence-electron chi connectivity index (χ3n) is 3.25. The topological polar surface area (TPSA) is 51.2 Å². The molecule has 0 spiro atoms. The van der Waals surface area contributed by atoms with Gasteiger partial charge < -0.3 is 10.1 Å². The highest BCUT2D eigenvalue weighted by Crippen LogP contribution is 2.21. The van der Waals surface area contributed by atoms with Crippen LogP contribution in [0, 0.1) is 20.8 Å². The van der Waals surface area contributed by atoms with Gasteiger partial charge in [-0.05, 0) is 57.5 Å². The molecule has 1 heterocycles. The van der Waals surface area contributed by atoms with Crippen molar-refractivity contribution in [2.75, 3.05) is 5.32 Å². The van der Waals surface area contributed by atoms with E-state index in [1.807, 2.05) is 26.8 Å². The zero-order valence-corrected chi connectivity index (χ0v) is 13.9. The molecule has 0 aliphatic carbocycles. The number of carbonyl (C=O) groups excluding carboxylic acids is 1. The van der Waals surface area contributed by atoms with Gasteiger partial charge >= 0.3 is 0 Å². The van der Waals surface area contributed by atoms with Gasteiger partial charge in [-0.1, -0.05) is 17.7 Å². The minimum Gasteiger partial charge on any atom is -0.481 e. The average molecular weight is 319 g/mol. The van der Waals surface area contributed by atoms with Gasteiger partial charge in [0, 0.05) is 10.7 Å². The molecule has 0 saturated heterocycles. The molecule has 0 saturated carbocycles. The number of amides is 1. The van der Waals surface area contributed by atoms with Crippen LogP contribution in [0.1, 0.15) is 23.9 Å². The predicted octanol–water partition coefficient (Wildman–Crippen LogP) is 4.07. The fourth-order valence-corrected chi connectivity index (χ4v) is 2.42. The van der Waals surface area contributed by atoms with Crippen molar-refractivity contribution in [3.8, 4) is 5.75 Å². The first-order chi connectivity index (χ1) is 10.4. The molecular formula is C17H19ClN2O2. The smallest absolute Gasteiger partial charge is 0.265 e. The van der Waals surface area contributed by atoms with Crippen LogP contribution in [0.5, 0.6) is 5.75 Å². The summed E-state index contributed by atoms with van der Waals surface area (Å²) >= 11 is 5.91. The number of halogens is 1. The van der Waals surface area contributed by atoms with E-state index in [1.54, 1.807) is 31.2 Å². The van der Waals surface area contributed by atoms with Crippen molar-refractivity contribution in [2.45, 2.75) is 33.8 Å². The number of benzene rings is 1. The first-order valence-electron chi connectivity index (χ1n) is 7.04. The van der Waals surface area contributed by atoms with Gasteiger partial charge in [-0.25, -0.2) is 0 Å². The molecule has 1 N–H and O–H groups in total. The second kappa shape index (κ2) is 6.79. The quantitative estimate of drug-likeness (QED) is 0.924. The number of rotatable bonds is 4. The maximum atomic E-state index is 12.3. The number of nitrogens with zero attached hydrogens (tertiary/aromatic N) is 1. The van der Waals surface area contributed by atoms with Crippen molar-refractivity contribution in [2.24, 2.45) is 0 Å². The number of aromatic nitrogens is 1. The fraction of sp³-hybridized carbons (Fsp3) is 0.294. The zero-order chi connectivity index (χ0) is 16.3. The lowest BCUT2D eigenvalue weighted by molar-refractivity contribution is -0.122. The molecule has 0 bridgehead atoms. The van der Waals surface area contributed by atoms with E-state index in [9.17, 15) is 4.79 Å². The van der Waals surface area contributed by atoms with E-state index >= 15 is 0 Å². The number of hydrogen-bond donors (Lipinski definition) is 1. The summed E-state index contributed by atoms with van der Waals surface area (Å²) in [5.41, 5.74) is 3.43. The van der Waals surface area contributed by atoms with Gasteiger partial charge in [0.05, 0.1) is 11.4 Å². The summed E-state index contributed by atoms with van der Waals surface area (Å²) in [6.45, 7) is 7.44. The molecule has 1 atom stereocenters. The van der Waals surface area contributed by atoms with Crippen LogP contribution in [-0.2, 0) is 4.79 Å². The van der Waals surface area contributed by atoms with Gasteiger partial charge in [0.1, 0.15) is 5.75 Å². The molecule has 5 heteroatoms. The van der Waals surface area contributed by atoms with Crippen LogP contribution in [-0.4, -0.2) is 17.0 Å². The largest absolute Gasteiger partial charge is 0.481 e. The number of ether oxygens (including phenoxy) is 1. The van der Waals surface area contributed by atoms with Crippen LogP contribution < -0.4 is 10.1 Å². The lowest BCUT2D eigenvalue weighted by Crippen LogP contribution is -2.30. The highest BCUT2D eigenvalue weighted by Gasteiger charge is 2.17. The van der Waals surface area contributed by atoms with E-state index < -0.39 is 6.10 Å². The van der Waals surface area contributed by atoms with Gasteiger partial charge in [-0.3, -0.25) is 9.78 Å². The first-order valence-corrected chi connectivity index (χ1v) is 7.42. The molecule has 0 aliphatic heterocycles. The lowest BCUT2D eigenvalue weighted by atomic mass is 10.1. The molecule has 0 fully saturated rings. The van der Waals surface area contributed by atoms with Gasteiger partial charge in [-0.2, -0.15) is 0 Å². The van der Waals surface area contributed by atoms with Crippen LogP contribution in [0.3, 0.4) is 0 Å². The van der Waals surface area contributed by atoms with E-state index in [4.69, 9.17) is 16.3 Å². The summed E-state index contributed by atoms with van der Waals surface area (Å²) in [5.74, 6) is 0.336. The molecule has 0 radical (unpaired) electrons. The molecule has 22 heavy (non-hydrogen) atoms.